The minimum Gasteiger partial charge on any atom is -0.465 e. The van der Waals surface area contributed by atoms with Crippen LogP contribution in [0.4, 0.5) is 5.00 Å². The second-order valence-corrected chi connectivity index (χ2v) is 12.8. The Kier molecular flexibility index (Phi) is 8.48. The van der Waals surface area contributed by atoms with Crippen LogP contribution in [0.15, 0.2) is 30.3 Å². The van der Waals surface area contributed by atoms with Crippen molar-refractivity contribution in [3.8, 4) is 0 Å². The molecule has 1 amide bonds. The minimum absolute atomic E-state index is 0.0723. The topological polar surface area (TPSA) is 58.6 Å². The highest BCUT2D eigenvalue weighted by molar-refractivity contribution is 8.00. The maximum absolute atomic E-state index is 13.9. The van der Waals surface area contributed by atoms with Crippen molar-refractivity contribution < 1.29 is 14.3 Å². The molecule has 7 heteroatoms. The molecule has 0 unspecified atom stereocenters. The number of nitrogens with one attached hydrogen (secondary N) is 1. The predicted molar refractivity (Wildman–Crippen MR) is 146 cm³/mol. The highest BCUT2D eigenvalue weighted by Gasteiger charge is 2.40. The molecular weight excluding hydrogens is 476 g/mol. The molecule has 0 spiro atoms. The summed E-state index contributed by atoms with van der Waals surface area (Å²) in [4.78, 5) is 29.5. The molecular formula is C28H38N2O3S2. The number of hydrogen-bond acceptors (Lipinski definition) is 6. The maximum Gasteiger partial charge on any atom is 0.316 e. The number of unbranched alkanes of at least 4 members (excludes halogenated alkanes) is 2. The fourth-order valence-corrected chi connectivity index (χ4v) is 7.23. The van der Waals surface area contributed by atoms with Gasteiger partial charge in [-0.15, -0.1) is 23.1 Å². The van der Waals surface area contributed by atoms with Gasteiger partial charge in [0, 0.05) is 11.4 Å². The summed E-state index contributed by atoms with van der Waals surface area (Å²) < 4.78 is 5.41. The van der Waals surface area contributed by atoms with E-state index in [2.05, 4.69) is 33.0 Å². The number of thiophene rings is 1. The van der Waals surface area contributed by atoms with Crippen molar-refractivity contribution in [1.29, 1.82) is 0 Å². The van der Waals surface area contributed by atoms with Crippen LogP contribution in [0.25, 0.3) is 0 Å². The van der Waals surface area contributed by atoms with Gasteiger partial charge in [-0.05, 0) is 48.1 Å². The molecule has 2 aromatic rings. The van der Waals surface area contributed by atoms with Gasteiger partial charge in [-0.2, -0.15) is 0 Å². The average molecular weight is 515 g/mol. The molecule has 190 valence electrons. The van der Waals surface area contributed by atoms with E-state index in [4.69, 9.17) is 4.74 Å². The summed E-state index contributed by atoms with van der Waals surface area (Å²) in [5.74, 6) is 0.695. The molecule has 1 aromatic carbocycles. The number of hydrogen-bond donors (Lipinski definition) is 1. The lowest BCUT2D eigenvalue weighted by Gasteiger charge is -2.37. The molecule has 5 nitrogen and oxygen atoms in total. The van der Waals surface area contributed by atoms with Gasteiger partial charge in [-0.25, -0.2) is 0 Å². The molecule has 1 N–H and O–H groups in total. The maximum atomic E-state index is 13.9. The smallest absolute Gasteiger partial charge is 0.316 e. The number of benzene rings is 1. The minimum atomic E-state index is -0.308. The number of anilines is 1. The molecule has 4 rings (SSSR count). The van der Waals surface area contributed by atoms with Gasteiger partial charge < -0.3 is 15.0 Å². The Morgan fingerprint density at radius 2 is 2.00 bits per heavy atom. The van der Waals surface area contributed by atoms with E-state index in [0.29, 0.717) is 19.1 Å². The molecule has 1 aliphatic heterocycles. The van der Waals surface area contributed by atoms with Gasteiger partial charge in [0.15, 0.2) is 5.50 Å². The molecule has 2 heterocycles. The van der Waals surface area contributed by atoms with E-state index in [0.717, 1.165) is 54.7 Å². The summed E-state index contributed by atoms with van der Waals surface area (Å²) in [6, 6.07) is 10.1. The zero-order valence-electron chi connectivity index (χ0n) is 21.4. The predicted octanol–water partition coefficient (Wildman–Crippen LogP) is 6.72. The van der Waals surface area contributed by atoms with Crippen LogP contribution >= 0.6 is 23.1 Å². The summed E-state index contributed by atoms with van der Waals surface area (Å²) in [6.45, 7) is 10.0. The molecule has 0 bridgehead atoms. The van der Waals surface area contributed by atoms with Crippen molar-refractivity contribution in [3.63, 3.8) is 0 Å². The number of nitrogens with zero attached hydrogens (tertiary/aromatic N) is 1. The first-order chi connectivity index (χ1) is 16.8. The summed E-state index contributed by atoms with van der Waals surface area (Å²) >= 11 is 3.18. The second kappa shape index (κ2) is 11.4. The van der Waals surface area contributed by atoms with E-state index in [1.807, 2.05) is 35.2 Å². The Balaban J connectivity index is 1.53. The van der Waals surface area contributed by atoms with Crippen LogP contribution in [0, 0.1) is 11.3 Å². The summed E-state index contributed by atoms with van der Waals surface area (Å²) in [5, 5.41) is 4.58. The van der Waals surface area contributed by atoms with Crippen molar-refractivity contribution in [1.82, 2.24) is 4.90 Å². The molecule has 0 radical (unpaired) electrons. The van der Waals surface area contributed by atoms with Gasteiger partial charge in [-0.1, -0.05) is 70.9 Å². The Morgan fingerprint density at radius 1 is 1.23 bits per heavy atom. The van der Waals surface area contributed by atoms with Gasteiger partial charge >= 0.3 is 5.97 Å². The van der Waals surface area contributed by atoms with E-state index >= 15 is 0 Å². The lowest BCUT2D eigenvalue weighted by molar-refractivity contribution is -0.140. The molecule has 1 aliphatic carbocycles. The van der Waals surface area contributed by atoms with Crippen LogP contribution in [0.2, 0.25) is 0 Å². The van der Waals surface area contributed by atoms with Crippen molar-refractivity contribution in [3.05, 3.63) is 51.9 Å². The van der Waals surface area contributed by atoms with Crippen molar-refractivity contribution in [2.45, 2.75) is 78.3 Å². The van der Waals surface area contributed by atoms with Crippen LogP contribution in [0.3, 0.4) is 0 Å². The third-order valence-electron chi connectivity index (χ3n) is 7.07. The number of carbonyl (C=O) groups excluding carboxylic acids is 2. The summed E-state index contributed by atoms with van der Waals surface area (Å²) in [7, 11) is 0. The van der Waals surface area contributed by atoms with Gasteiger partial charge in [0.05, 0.1) is 17.9 Å². The number of ether oxygens (including phenoxy) is 1. The normalized spacial score (nSPS) is 19.7. The van der Waals surface area contributed by atoms with Gasteiger partial charge in [0.2, 0.25) is 0 Å². The highest BCUT2D eigenvalue weighted by atomic mass is 32.2. The van der Waals surface area contributed by atoms with Crippen LogP contribution in [-0.4, -0.2) is 34.6 Å². The Morgan fingerprint density at radius 3 is 2.71 bits per heavy atom. The first-order valence-corrected chi connectivity index (χ1v) is 14.7. The molecule has 0 saturated heterocycles. The monoisotopic (exact) mass is 514 g/mol. The molecule has 35 heavy (non-hydrogen) atoms. The summed E-state index contributed by atoms with van der Waals surface area (Å²) in [6.07, 6.45) is 6.16. The first kappa shape index (κ1) is 26.1. The van der Waals surface area contributed by atoms with Crippen LogP contribution in [0.1, 0.15) is 79.7 Å². The standard InChI is InChI=1S/C28H38N2O3S2/c1-5-6-10-15-33-23(31)18-34-27-29-25-24(26(32)30(27)17-19-11-8-7-9-12-19)21-14-13-20(28(2,3)4)16-22(21)35-25/h7-9,11-12,20,27,29H,5-6,10,13-18H2,1-4H3/t20-,27+/m0/s1. The zero-order valence-corrected chi connectivity index (χ0v) is 23.0. The number of fused-ring (bicyclic) bond motifs is 3. The van der Waals surface area contributed by atoms with Crippen molar-refractivity contribution >= 4 is 40.0 Å². The van der Waals surface area contributed by atoms with E-state index in [9.17, 15) is 9.59 Å². The van der Waals surface area contributed by atoms with Crippen molar-refractivity contribution in [2.75, 3.05) is 17.7 Å². The zero-order chi connectivity index (χ0) is 25.0. The highest BCUT2D eigenvalue weighted by Crippen LogP contribution is 2.47. The number of amides is 1. The fraction of sp³-hybridized carbons (Fsp3) is 0.571. The van der Waals surface area contributed by atoms with E-state index < -0.39 is 0 Å². The van der Waals surface area contributed by atoms with Gasteiger partial charge in [0.1, 0.15) is 5.00 Å². The van der Waals surface area contributed by atoms with E-state index in [1.54, 1.807) is 11.3 Å². The number of thioether (sulfide) groups is 1. The molecule has 2 aliphatic rings. The number of rotatable bonds is 9. The first-order valence-electron chi connectivity index (χ1n) is 12.8. The van der Waals surface area contributed by atoms with Crippen LogP contribution in [0.5, 0.6) is 0 Å². The Bertz CT molecular complexity index is 1030. The van der Waals surface area contributed by atoms with Crippen LogP contribution in [-0.2, 0) is 28.9 Å². The second-order valence-electron chi connectivity index (χ2n) is 10.7. The van der Waals surface area contributed by atoms with Gasteiger partial charge in [-0.3, -0.25) is 9.59 Å². The Hall–Kier alpha value is -1.99. The number of esters is 1. The molecule has 0 fully saturated rings. The largest absolute Gasteiger partial charge is 0.465 e. The molecule has 2 atom stereocenters. The quantitative estimate of drug-likeness (QED) is 0.297. The lowest BCUT2D eigenvalue weighted by Crippen LogP contribution is -2.46. The van der Waals surface area contributed by atoms with Crippen LogP contribution < -0.4 is 5.32 Å². The van der Waals surface area contributed by atoms with E-state index in [1.165, 1.54) is 22.2 Å². The fourth-order valence-electron chi connectivity index (χ4n) is 4.89. The third kappa shape index (κ3) is 6.23. The summed E-state index contributed by atoms with van der Waals surface area (Å²) in [5.41, 5.74) is 3.12. The number of carbonyl (C=O) groups is 2. The molecule has 1 aromatic heterocycles. The third-order valence-corrected chi connectivity index (χ3v) is 9.34. The van der Waals surface area contributed by atoms with Gasteiger partial charge in [0.25, 0.3) is 5.91 Å². The molecule has 0 saturated carbocycles. The Labute approximate surface area is 218 Å². The lowest BCUT2D eigenvalue weighted by atomic mass is 9.72. The SMILES string of the molecule is CCCCCOC(=O)CS[C@@H]1Nc2sc3c(c2C(=O)N1Cc1ccccc1)CC[C@H](C(C)(C)C)C3. The van der Waals surface area contributed by atoms with E-state index in [-0.39, 0.29) is 28.5 Å². The van der Waals surface area contributed by atoms with Crippen molar-refractivity contribution in [2.24, 2.45) is 11.3 Å². The average Bonchev–Trinajstić information content (AvgIpc) is 3.20.